The minimum Gasteiger partial charge on any atom is -0.309 e. The van der Waals surface area contributed by atoms with E-state index in [0.29, 0.717) is 12.1 Å². The lowest BCUT2D eigenvalue weighted by Crippen LogP contribution is -2.54. The Morgan fingerprint density at radius 3 is 2.12 bits per heavy atom. The van der Waals surface area contributed by atoms with Crippen LogP contribution in [0.15, 0.2) is 0 Å². The van der Waals surface area contributed by atoms with Crippen LogP contribution in [-0.2, 0) is 0 Å². The van der Waals surface area contributed by atoms with Crippen molar-refractivity contribution in [2.24, 2.45) is 0 Å². The molecule has 1 aliphatic heterocycles. The first-order valence-electron chi connectivity index (χ1n) is 7.20. The molecule has 0 aromatic heterocycles. The first-order valence-corrected chi connectivity index (χ1v) is 7.20. The van der Waals surface area contributed by atoms with E-state index in [4.69, 9.17) is 0 Å². The van der Waals surface area contributed by atoms with Crippen LogP contribution in [0.25, 0.3) is 0 Å². The second-order valence-electron chi connectivity index (χ2n) is 5.50. The largest absolute Gasteiger partial charge is 0.309 e. The van der Waals surface area contributed by atoms with Gasteiger partial charge in [0.15, 0.2) is 0 Å². The molecule has 2 atom stereocenters. The lowest BCUT2D eigenvalue weighted by Gasteiger charge is -2.36. The normalized spacial score (nSPS) is 27.2. The van der Waals surface area contributed by atoms with Crippen molar-refractivity contribution < 1.29 is 0 Å². The number of unbranched alkanes of at least 4 members (excludes halogenated alkanes) is 5. The third-order valence-electron chi connectivity index (χ3n) is 3.46. The highest BCUT2D eigenvalue weighted by molar-refractivity contribution is 4.80. The van der Waals surface area contributed by atoms with Crippen LogP contribution in [-0.4, -0.2) is 36.6 Å². The average molecular weight is 226 g/mol. The summed E-state index contributed by atoms with van der Waals surface area (Å²) in [6.45, 7) is 10.7. The van der Waals surface area contributed by atoms with Crippen LogP contribution in [0.4, 0.5) is 0 Å². The molecular formula is C14H30N2. The molecule has 0 aromatic rings. The summed E-state index contributed by atoms with van der Waals surface area (Å²) < 4.78 is 0. The molecule has 0 radical (unpaired) electrons. The van der Waals surface area contributed by atoms with Crippen molar-refractivity contribution in [1.82, 2.24) is 10.2 Å². The maximum Gasteiger partial charge on any atom is 0.0169 e. The van der Waals surface area contributed by atoms with E-state index in [2.05, 4.69) is 31.0 Å². The number of nitrogens with zero attached hydrogens (tertiary/aromatic N) is 1. The number of nitrogens with one attached hydrogen (secondary N) is 1. The predicted molar refractivity (Wildman–Crippen MR) is 71.9 cm³/mol. The van der Waals surface area contributed by atoms with E-state index in [1.165, 1.54) is 58.2 Å². The number of hydrogen-bond acceptors (Lipinski definition) is 2. The van der Waals surface area contributed by atoms with Crippen LogP contribution >= 0.6 is 0 Å². The van der Waals surface area contributed by atoms with Crippen LogP contribution in [0.5, 0.6) is 0 Å². The van der Waals surface area contributed by atoms with Gasteiger partial charge in [-0.1, -0.05) is 39.0 Å². The van der Waals surface area contributed by atoms with Gasteiger partial charge in [0.2, 0.25) is 0 Å². The molecule has 0 spiro atoms. The van der Waals surface area contributed by atoms with Crippen molar-refractivity contribution in [3.05, 3.63) is 0 Å². The van der Waals surface area contributed by atoms with Crippen molar-refractivity contribution in [2.75, 3.05) is 19.6 Å². The summed E-state index contributed by atoms with van der Waals surface area (Å²) >= 11 is 0. The van der Waals surface area contributed by atoms with Crippen LogP contribution in [0.3, 0.4) is 0 Å². The molecule has 1 saturated heterocycles. The van der Waals surface area contributed by atoms with E-state index in [9.17, 15) is 0 Å². The maximum atomic E-state index is 3.59. The molecule has 2 nitrogen and oxygen atoms in total. The highest BCUT2D eigenvalue weighted by atomic mass is 15.2. The Morgan fingerprint density at radius 2 is 1.50 bits per heavy atom. The molecule has 96 valence electrons. The molecular weight excluding hydrogens is 196 g/mol. The highest BCUT2D eigenvalue weighted by Crippen LogP contribution is 2.08. The van der Waals surface area contributed by atoms with Gasteiger partial charge in [-0.05, 0) is 26.8 Å². The first kappa shape index (κ1) is 14.0. The maximum absolute atomic E-state index is 3.59. The molecule has 16 heavy (non-hydrogen) atoms. The fourth-order valence-electron chi connectivity index (χ4n) is 2.74. The molecule has 0 amide bonds. The van der Waals surface area contributed by atoms with Crippen molar-refractivity contribution in [3.63, 3.8) is 0 Å². The summed E-state index contributed by atoms with van der Waals surface area (Å²) in [5, 5.41) is 3.59. The van der Waals surface area contributed by atoms with Gasteiger partial charge in [-0.15, -0.1) is 0 Å². The van der Waals surface area contributed by atoms with Gasteiger partial charge in [0.25, 0.3) is 0 Å². The van der Waals surface area contributed by atoms with E-state index in [0.717, 1.165) is 0 Å². The van der Waals surface area contributed by atoms with Crippen molar-refractivity contribution in [3.8, 4) is 0 Å². The monoisotopic (exact) mass is 226 g/mol. The van der Waals surface area contributed by atoms with Crippen LogP contribution in [0, 0.1) is 0 Å². The Balaban J connectivity index is 1.99. The topological polar surface area (TPSA) is 15.3 Å². The number of rotatable bonds is 7. The Morgan fingerprint density at radius 1 is 0.938 bits per heavy atom. The fraction of sp³-hybridized carbons (Fsp3) is 1.00. The van der Waals surface area contributed by atoms with Crippen molar-refractivity contribution in [2.45, 2.75) is 71.4 Å². The van der Waals surface area contributed by atoms with E-state index in [1.807, 2.05) is 0 Å². The second-order valence-corrected chi connectivity index (χ2v) is 5.50. The molecule has 0 bridgehead atoms. The molecule has 0 saturated carbocycles. The molecule has 1 aliphatic rings. The van der Waals surface area contributed by atoms with Crippen molar-refractivity contribution in [1.29, 1.82) is 0 Å². The van der Waals surface area contributed by atoms with E-state index in [1.54, 1.807) is 0 Å². The zero-order chi connectivity index (χ0) is 11.8. The quantitative estimate of drug-likeness (QED) is 0.671. The summed E-state index contributed by atoms with van der Waals surface area (Å²) in [6, 6.07) is 1.34. The first-order chi connectivity index (χ1) is 7.72. The van der Waals surface area contributed by atoms with Gasteiger partial charge in [0.1, 0.15) is 0 Å². The van der Waals surface area contributed by atoms with Gasteiger partial charge in [0.05, 0.1) is 0 Å². The molecule has 2 heteroatoms. The lowest BCUT2D eigenvalue weighted by atomic mass is 10.1. The number of piperazine rings is 1. The number of hydrogen-bond donors (Lipinski definition) is 1. The molecule has 1 rings (SSSR count). The van der Waals surface area contributed by atoms with Gasteiger partial charge in [-0.2, -0.15) is 0 Å². The van der Waals surface area contributed by atoms with Gasteiger partial charge < -0.3 is 10.2 Å². The van der Waals surface area contributed by atoms with Crippen LogP contribution < -0.4 is 5.32 Å². The Bertz CT molecular complexity index is 160. The molecule has 0 aliphatic carbocycles. The lowest BCUT2D eigenvalue weighted by molar-refractivity contribution is 0.170. The minimum absolute atomic E-state index is 0.670. The SMILES string of the molecule is CCCCCCCCN1CC(C)NC(C)C1. The van der Waals surface area contributed by atoms with E-state index >= 15 is 0 Å². The Kier molecular flexibility index (Phi) is 7.06. The fourth-order valence-corrected chi connectivity index (χ4v) is 2.74. The summed E-state index contributed by atoms with van der Waals surface area (Å²) in [5.41, 5.74) is 0. The van der Waals surface area contributed by atoms with E-state index in [-0.39, 0.29) is 0 Å². The Hall–Kier alpha value is -0.0800. The summed E-state index contributed by atoms with van der Waals surface area (Å²) in [4.78, 5) is 2.63. The molecule has 2 unspecified atom stereocenters. The van der Waals surface area contributed by atoms with Crippen LogP contribution in [0.2, 0.25) is 0 Å². The average Bonchev–Trinajstić information content (AvgIpc) is 2.22. The highest BCUT2D eigenvalue weighted by Gasteiger charge is 2.19. The smallest absolute Gasteiger partial charge is 0.0169 e. The standard InChI is InChI=1S/C14H30N2/c1-4-5-6-7-8-9-10-16-11-13(2)15-14(3)12-16/h13-15H,4-12H2,1-3H3. The Labute approximate surface area is 102 Å². The van der Waals surface area contributed by atoms with Gasteiger partial charge in [0, 0.05) is 25.2 Å². The summed E-state index contributed by atoms with van der Waals surface area (Å²) in [5.74, 6) is 0. The van der Waals surface area contributed by atoms with Crippen LogP contribution in [0.1, 0.15) is 59.3 Å². The molecule has 1 fully saturated rings. The van der Waals surface area contributed by atoms with Gasteiger partial charge in [-0.3, -0.25) is 0 Å². The summed E-state index contributed by atoms with van der Waals surface area (Å²) in [7, 11) is 0. The molecule has 0 aromatic carbocycles. The predicted octanol–water partition coefficient (Wildman–Crippen LogP) is 3.03. The van der Waals surface area contributed by atoms with Gasteiger partial charge >= 0.3 is 0 Å². The third-order valence-corrected chi connectivity index (χ3v) is 3.46. The summed E-state index contributed by atoms with van der Waals surface area (Å²) in [6.07, 6.45) is 8.46. The van der Waals surface area contributed by atoms with E-state index < -0.39 is 0 Å². The zero-order valence-electron chi connectivity index (χ0n) is 11.5. The molecule has 1 heterocycles. The zero-order valence-corrected chi connectivity index (χ0v) is 11.5. The second kappa shape index (κ2) is 8.08. The molecule has 1 N–H and O–H groups in total. The third kappa shape index (κ3) is 5.86. The van der Waals surface area contributed by atoms with Crippen molar-refractivity contribution >= 4 is 0 Å². The van der Waals surface area contributed by atoms with Gasteiger partial charge in [-0.25, -0.2) is 0 Å². The minimum atomic E-state index is 0.670.